The van der Waals surface area contributed by atoms with E-state index in [-0.39, 0.29) is 22.6 Å². The molecule has 4 nitrogen and oxygen atoms in total. The number of carbonyl (C=O) groups excluding carboxylic acids is 1. The highest BCUT2D eigenvalue weighted by Gasteiger charge is 2.17. The lowest BCUT2D eigenvalue weighted by Crippen LogP contribution is -2.34. The largest absolute Gasteiger partial charge is 0.349 e. The Hall–Kier alpha value is -1.36. The Morgan fingerprint density at radius 1 is 1.10 bits per heavy atom. The fourth-order valence-electron chi connectivity index (χ4n) is 2.67. The van der Waals surface area contributed by atoms with Gasteiger partial charge in [0.15, 0.2) is 9.84 Å². The van der Waals surface area contributed by atoms with Gasteiger partial charge in [0.1, 0.15) is 0 Å². The average Bonchev–Trinajstić information content (AvgIpc) is 2.76. The molecule has 0 atom stereocenters. The molecule has 2 rings (SSSR count). The van der Waals surface area contributed by atoms with Gasteiger partial charge in [-0.05, 0) is 37.1 Å². The van der Waals surface area contributed by atoms with Gasteiger partial charge in [0.05, 0.1) is 10.6 Å². The Morgan fingerprint density at radius 2 is 1.67 bits per heavy atom. The second-order valence-electron chi connectivity index (χ2n) is 5.59. The highest BCUT2D eigenvalue weighted by Crippen LogP contribution is 2.18. The van der Waals surface area contributed by atoms with Crippen LogP contribution in [0.15, 0.2) is 29.2 Å². The van der Waals surface area contributed by atoms with Crippen molar-refractivity contribution >= 4 is 15.7 Å². The molecule has 1 aromatic carbocycles. The van der Waals surface area contributed by atoms with E-state index in [1.807, 2.05) is 0 Å². The van der Waals surface area contributed by atoms with Crippen molar-refractivity contribution < 1.29 is 13.2 Å². The smallest absolute Gasteiger partial charge is 0.251 e. The molecule has 0 aliphatic heterocycles. The van der Waals surface area contributed by atoms with Crippen molar-refractivity contribution in [2.24, 2.45) is 0 Å². The summed E-state index contributed by atoms with van der Waals surface area (Å²) in [6, 6.07) is 6.46. The molecule has 1 aliphatic carbocycles. The molecule has 5 heteroatoms. The molecule has 0 heterocycles. The molecule has 0 spiro atoms. The molecule has 1 saturated carbocycles. The van der Waals surface area contributed by atoms with Gasteiger partial charge in [0, 0.05) is 11.6 Å². The number of hydrogen-bond acceptors (Lipinski definition) is 3. The predicted molar refractivity (Wildman–Crippen MR) is 83.1 cm³/mol. The van der Waals surface area contributed by atoms with E-state index < -0.39 is 9.84 Å². The normalized spacial score (nSPS) is 17.2. The van der Waals surface area contributed by atoms with Crippen LogP contribution in [0, 0.1) is 0 Å². The number of amides is 1. The molecule has 0 bridgehead atoms. The van der Waals surface area contributed by atoms with Crippen LogP contribution in [0.5, 0.6) is 0 Å². The summed E-state index contributed by atoms with van der Waals surface area (Å²) in [5, 5.41) is 3.06. The van der Waals surface area contributed by atoms with Gasteiger partial charge >= 0.3 is 0 Å². The molecule has 1 aromatic rings. The van der Waals surface area contributed by atoms with Crippen LogP contribution in [-0.2, 0) is 9.84 Å². The highest BCUT2D eigenvalue weighted by molar-refractivity contribution is 7.91. The highest BCUT2D eigenvalue weighted by atomic mass is 32.2. The molecule has 1 amide bonds. The van der Waals surface area contributed by atoms with Crippen LogP contribution in [0.4, 0.5) is 0 Å². The summed E-state index contributed by atoms with van der Waals surface area (Å²) in [5.74, 6) is -0.0389. The third-order valence-electron chi connectivity index (χ3n) is 4.05. The van der Waals surface area contributed by atoms with Gasteiger partial charge in [0.2, 0.25) is 0 Å². The average molecular weight is 309 g/mol. The first kappa shape index (κ1) is 16.0. The van der Waals surface area contributed by atoms with Crippen molar-refractivity contribution in [1.82, 2.24) is 5.32 Å². The first-order chi connectivity index (χ1) is 10.0. The topological polar surface area (TPSA) is 63.2 Å². The van der Waals surface area contributed by atoms with E-state index in [0.29, 0.717) is 5.56 Å². The van der Waals surface area contributed by atoms with Gasteiger partial charge in [0.25, 0.3) is 5.91 Å². The summed E-state index contributed by atoms with van der Waals surface area (Å²) in [7, 11) is -3.20. The second-order valence-corrected chi connectivity index (χ2v) is 7.87. The maximum absolute atomic E-state index is 12.2. The van der Waals surface area contributed by atoms with Crippen LogP contribution < -0.4 is 5.32 Å². The number of hydrogen-bond donors (Lipinski definition) is 1. The first-order valence-electron chi connectivity index (χ1n) is 7.66. The number of benzene rings is 1. The van der Waals surface area contributed by atoms with E-state index in [9.17, 15) is 13.2 Å². The monoisotopic (exact) mass is 309 g/mol. The van der Waals surface area contributed by atoms with Crippen LogP contribution >= 0.6 is 0 Å². The Kier molecular flexibility index (Phi) is 5.39. The van der Waals surface area contributed by atoms with Crippen molar-refractivity contribution in [2.45, 2.75) is 56.4 Å². The molecule has 0 unspecified atom stereocenters. The molecule has 0 saturated heterocycles. The van der Waals surface area contributed by atoms with E-state index in [0.717, 1.165) is 12.8 Å². The Bertz CT molecular complexity index is 570. The summed E-state index contributed by atoms with van der Waals surface area (Å²) >= 11 is 0. The minimum atomic E-state index is -3.20. The van der Waals surface area contributed by atoms with E-state index in [2.05, 4.69) is 5.32 Å². The SMILES string of the molecule is CCS(=O)(=O)c1ccc(C(=O)NC2CCCCCC2)cc1. The van der Waals surface area contributed by atoms with E-state index >= 15 is 0 Å². The summed E-state index contributed by atoms with van der Waals surface area (Å²) in [5.41, 5.74) is 0.522. The maximum Gasteiger partial charge on any atom is 0.251 e. The fourth-order valence-corrected chi connectivity index (χ4v) is 3.56. The first-order valence-corrected chi connectivity index (χ1v) is 9.32. The molecule has 1 N–H and O–H groups in total. The van der Waals surface area contributed by atoms with Crippen LogP contribution in [-0.4, -0.2) is 26.1 Å². The Morgan fingerprint density at radius 3 is 2.19 bits per heavy atom. The molecular weight excluding hydrogens is 286 g/mol. The van der Waals surface area contributed by atoms with Crippen molar-refractivity contribution in [3.63, 3.8) is 0 Å². The number of carbonyl (C=O) groups is 1. The Labute approximate surface area is 126 Å². The third-order valence-corrected chi connectivity index (χ3v) is 5.80. The van der Waals surface area contributed by atoms with Gasteiger partial charge < -0.3 is 5.32 Å². The van der Waals surface area contributed by atoms with Crippen LogP contribution in [0.1, 0.15) is 55.8 Å². The van der Waals surface area contributed by atoms with Crippen molar-refractivity contribution in [3.8, 4) is 0 Å². The summed E-state index contributed by atoms with van der Waals surface area (Å²) < 4.78 is 23.5. The van der Waals surface area contributed by atoms with Gasteiger partial charge in [-0.15, -0.1) is 0 Å². The summed E-state index contributed by atoms with van der Waals surface area (Å²) in [6.07, 6.45) is 6.89. The van der Waals surface area contributed by atoms with Gasteiger partial charge in [-0.3, -0.25) is 4.79 Å². The van der Waals surface area contributed by atoms with Gasteiger partial charge in [-0.25, -0.2) is 8.42 Å². The molecular formula is C16H23NO3S. The lowest BCUT2D eigenvalue weighted by Gasteiger charge is -2.16. The Balaban J connectivity index is 2.02. The number of nitrogens with one attached hydrogen (secondary N) is 1. The van der Waals surface area contributed by atoms with Gasteiger partial charge in [-0.1, -0.05) is 32.6 Å². The van der Waals surface area contributed by atoms with E-state index in [4.69, 9.17) is 0 Å². The zero-order valence-electron chi connectivity index (χ0n) is 12.5. The quantitative estimate of drug-likeness (QED) is 0.870. The lowest BCUT2D eigenvalue weighted by molar-refractivity contribution is 0.0933. The number of sulfone groups is 1. The van der Waals surface area contributed by atoms with E-state index in [1.165, 1.54) is 37.8 Å². The lowest BCUT2D eigenvalue weighted by atomic mass is 10.1. The minimum absolute atomic E-state index is 0.0701. The van der Waals surface area contributed by atoms with Crippen molar-refractivity contribution in [2.75, 3.05) is 5.75 Å². The zero-order valence-corrected chi connectivity index (χ0v) is 13.3. The zero-order chi connectivity index (χ0) is 15.3. The van der Waals surface area contributed by atoms with Crippen LogP contribution in [0.2, 0.25) is 0 Å². The van der Waals surface area contributed by atoms with Gasteiger partial charge in [-0.2, -0.15) is 0 Å². The molecule has 21 heavy (non-hydrogen) atoms. The summed E-state index contributed by atoms with van der Waals surface area (Å²) in [4.78, 5) is 12.5. The predicted octanol–water partition coefficient (Wildman–Crippen LogP) is 2.93. The second kappa shape index (κ2) is 7.07. The van der Waals surface area contributed by atoms with E-state index in [1.54, 1.807) is 19.1 Å². The van der Waals surface area contributed by atoms with Crippen molar-refractivity contribution in [1.29, 1.82) is 0 Å². The van der Waals surface area contributed by atoms with Crippen LogP contribution in [0.3, 0.4) is 0 Å². The molecule has 0 aromatic heterocycles. The minimum Gasteiger partial charge on any atom is -0.349 e. The third kappa shape index (κ3) is 4.30. The maximum atomic E-state index is 12.2. The molecule has 0 radical (unpaired) electrons. The summed E-state index contributed by atoms with van der Waals surface area (Å²) in [6.45, 7) is 1.61. The van der Waals surface area contributed by atoms with Crippen LogP contribution in [0.25, 0.3) is 0 Å². The standard InChI is InChI=1S/C16H23NO3S/c1-2-21(19,20)15-11-9-13(10-12-15)16(18)17-14-7-5-3-4-6-8-14/h9-12,14H,2-8H2,1H3,(H,17,18). The number of rotatable bonds is 4. The van der Waals surface area contributed by atoms with Crippen molar-refractivity contribution in [3.05, 3.63) is 29.8 Å². The molecule has 1 fully saturated rings. The fraction of sp³-hybridized carbons (Fsp3) is 0.562. The molecule has 1 aliphatic rings. The molecule has 116 valence electrons.